The third-order valence-electron chi connectivity index (χ3n) is 4.48. The molecule has 29 heavy (non-hydrogen) atoms. The smallest absolute Gasteiger partial charge is 0.242 e. The lowest BCUT2D eigenvalue weighted by atomic mass is 10.1. The molecule has 0 spiro atoms. The van der Waals surface area contributed by atoms with Crippen LogP contribution in [0.15, 0.2) is 36.4 Å². The second kappa shape index (κ2) is 11.1. The third-order valence-corrected chi connectivity index (χ3v) is 5.78. The van der Waals surface area contributed by atoms with E-state index in [9.17, 15) is 9.59 Å². The zero-order valence-corrected chi connectivity index (χ0v) is 19.2. The molecule has 0 radical (unpaired) electrons. The van der Waals surface area contributed by atoms with Crippen LogP contribution in [0, 0.1) is 0 Å². The molecule has 8 heteroatoms. The molecular formula is C21H22Cl4N2O2. The molecule has 156 valence electrons. The van der Waals surface area contributed by atoms with Gasteiger partial charge in [0.1, 0.15) is 6.04 Å². The number of amides is 2. The molecule has 2 aromatic rings. The molecule has 0 bridgehead atoms. The maximum absolute atomic E-state index is 13.3. The topological polar surface area (TPSA) is 49.4 Å². The number of rotatable bonds is 8. The Kier molecular flexibility index (Phi) is 9.09. The molecule has 1 atom stereocenters. The molecule has 0 unspecified atom stereocenters. The molecule has 1 N–H and O–H groups in total. The molecule has 0 aliphatic heterocycles. The highest BCUT2D eigenvalue weighted by molar-refractivity contribution is 6.36. The molecule has 0 heterocycles. The second-order valence-corrected chi connectivity index (χ2v) is 8.11. The Morgan fingerprint density at radius 1 is 1.00 bits per heavy atom. The van der Waals surface area contributed by atoms with Crippen molar-refractivity contribution >= 4 is 58.2 Å². The summed E-state index contributed by atoms with van der Waals surface area (Å²) < 4.78 is 0. The van der Waals surface area contributed by atoms with Crippen LogP contribution in [0.5, 0.6) is 0 Å². The van der Waals surface area contributed by atoms with Gasteiger partial charge in [-0.1, -0.05) is 65.5 Å². The minimum atomic E-state index is -0.657. The number of nitrogens with zero attached hydrogens (tertiary/aromatic N) is 1. The van der Waals surface area contributed by atoms with Crippen molar-refractivity contribution in [2.75, 3.05) is 6.54 Å². The number of likely N-dealkylation sites (N-methyl/N-ethyl adjacent to an activating group) is 1. The third kappa shape index (κ3) is 6.26. The van der Waals surface area contributed by atoms with Crippen LogP contribution in [0.3, 0.4) is 0 Å². The van der Waals surface area contributed by atoms with Crippen molar-refractivity contribution < 1.29 is 9.59 Å². The lowest BCUT2D eigenvalue weighted by molar-refractivity contribution is -0.140. The van der Waals surface area contributed by atoms with Gasteiger partial charge in [-0.15, -0.1) is 0 Å². The summed E-state index contributed by atoms with van der Waals surface area (Å²) in [6, 6.07) is 9.47. The van der Waals surface area contributed by atoms with E-state index in [1.54, 1.807) is 36.4 Å². The fourth-order valence-electron chi connectivity index (χ4n) is 3.00. The normalized spacial score (nSPS) is 11.8. The quantitative estimate of drug-likeness (QED) is 0.525. The van der Waals surface area contributed by atoms with Gasteiger partial charge in [0, 0.05) is 33.2 Å². The Balaban J connectivity index is 2.39. The van der Waals surface area contributed by atoms with E-state index in [2.05, 4.69) is 5.32 Å². The van der Waals surface area contributed by atoms with Gasteiger partial charge in [-0.2, -0.15) is 0 Å². The highest BCUT2D eigenvalue weighted by atomic mass is 35.5. The van der Waals surface area contributed by atoms with Crippen LogP contribution < -0.4 is 5.32 Å². The van der Waals surface area contributed by atoms with E-state index in [0.717, 1.165) is 0 Å². The molecule has 0 saturated carbocycles. The number of carbonyl (C=O) groups is 2. The van der Waals surface area contributed by atoms with E-state index in [4.69, 9.17) is 46.4 Å². The average molecular weight is 476 g/mol. The first kappa shape index (κ1) is 23.8. The first-order valence-electron chi connectivity index (χ1n) is 9.22. The summed E-state index contributed by atoms with van der Waals surface area (Å²) in [6.07, 6.45) is 0.415. The fraction of sp³-hybridized carbons (Fsp3) is 0.333. The monoisotopic (exact) mass is 474 g/mol. The number of benzene rings is 2. The summed E-state index contributed by atoms with van der Waals surface area (Å²) in [7, 11) is 0. The summed E-state index contributed by atoms with van der Waals surface area (Å²) in [6.45, 7) is 4.31. The summed E-state index contributed by atoms with van der Waals surface area (Å²) in [5.74, 6) is -0.497. The van der Waals surface area contributed by atoms with Crippen molar-refractivity contribution in [3.05, 3.63) is 67.6 Å². The predicted octanol–water partition coefficient (Wildman–Crippen LogP) is 5.79. The molecular weight excluding hydrogens is 454 g/mol. The molecule has 0 saturated heterocycles. The molecule has 2 rings (SSSR count). The molecule has 2 aromatic carbocycles. The van der Waals surface area contributed by atoms with E-state index in [0.29, 0.717) is 44.2 Å². The minimum Gasteiger partial charge on any atom is -0.355 e. The Hall–Kier alpha value is -1.46. The first-order chi connectivity index (χ1) is 13.8. The minimum absolute atomic E-state index is 0.0282. The number of halogens is 4. The maximum atomic E-state index is 13.3. The summed E-state index contributed by atoms with van der Waals surface area (Å²) >= 11 is 24.8. The molecule has 0 fully saturated rings. The van der Waals surface area contributed by atoms with Gasteiger partial charge < -0.3 is 10.2 Å². The standard InChI is InChI=1S/C21H22Cl4N2O2/c1-3-19(21(29)26-4-2)27(12-13-8-9-14(22)10-18(13)25)20(28)11-15-16(23)6-5-7-17(15)24/h5-10,19H,3-4,11-12H2,1-2H3,(H,26,29)/t19-/m1/s1. The Morgan fingerprint density at radius 3 is 2.21 bits per heavy atom. The number of hydrogen-bond acceptors (Lipinski definition) is 2. The average Bonchev–Trinajstić information content (AvgIpc) is 2.66. The Morgan fingerprint density at radius 2 is 1.66 bits per heavy atom. The van der Waals surface area contributed by atoms with Crippen molar-refractivity contribution in [1.29, 1.82) is 0 Å². The lowest BCUT2D eigenvalue weighted by Crippen LogP contribution is -2.49. The molecule has 4 nitrogen and oxygen atoms in total. The van der Waals surface area contributed by atoms with Gasteiger partial charge in [-0.05, 0) is 48.7 Å². The summed E-state index contributed by atoms with van der Waals surface area (Å²) in [4.78, 5) is 27.4. The van der Waals surface area contributed by atoms with E-state index in [1.807, 2.05) is 13.8 Å². The molecule has 0 aliphatic rings. The molecule has 2 amide bonds. The van der Waals surface area contributed by atoms with Crippen LogP contribution in [0.4, 0.5) is 0 Å². The van der Waals surface area contributed by atoms with Gasteiger partial charge >= 0.3 is 0 Å². The predicted molar refractivity (Wildman–Crippen MR) is 120 cm³/mol. The highest BCUT2D eigenvalue weighted by Crippen LogP contribution is 2.27. The number of hydrogen-bond donors (Lipinski definition) is 1. The Labute approximate surface area is 191 Å². The van der Waals surface area contributed by atoms with Gasteiger partial charge in [-0.3, -0.25) is 9.59 Å². The van der Waals surface area contributed by atoms with E-state index >= 15 is 0 Å². The van der Waals surface area contributed by atoms with Crippen LogP contribution in [-0.2, 0) is 22.6 Å². The largest absolute Gasteiger partial charge is 0.355 e. The van der Waals surface area contributed by atoms with Gasteiger partial charge in [-0.25, -0.2) is 0 Å². The van der Waals surface area contributed by atoms with Crippen LogP contribution >= 0.6 is 46.4 Å². The summed E-state index contributed by atoms with van der Waals surface area (Å²) in [5, 5.41) is 4.52. The van der Waals surface area contributed by atoms with Crippen molar-refractivity contribution in [3.63, 3.8) is 0 Å². The van der Waals surface area contributed by atoms with Gasteiger partial charge in [0.25, 0.3) is 0 Å². The van der Waals surface area contributed by atoms with Crippen molar-refractivity contribution in [3.8, 4) is 0 Å². The van der Waals surface area contributed by atoms with Gasteiger partial charge in [0.2, 0.25) is 11.8 Å². The highest BCUT2D eigenvalue weighted by Gasteiger charge is 2.29. The summed E-state index contributed by atoms with van der Waals surface area (Å²) in [5.41, 5.74) is 1.22. The van der Waals surface area contributed by atoms with E-state index in [-0.39, 0.29) is 24.8 Å². The lowest BCUT2D eigenvalue weighted by Gasteiger charge is -2.31. The van der Waals surface area contributed by atoms with Crippen molar-refractivity contribution in [1.82, 2.24) is 10.2 Å². The zero-order chi connectivity index (χ0) is 21.6. The van der Waals surface area contributed by atoms with Gasteiger partial charge in [0.15, 0.2) is 0 Å². The second-order valence-electron chi connectivity index (χ2n) is 6.45. The molecule has 0 aromatic heterocycles. The van der Waals surface area contributed by atoms with Gasteiger partial charge in [0.05, 0.1) is 6.42 Å². The number of carbonyl (C=O) groups excluding carboxylic acids is 2. The zero-order valence-electron chi connectivity index (χ0n) is 16.1. The van der Waals surface area contributed by atoms with E-state index < -0.39 is 6.04 Å². The fourth-order valence-corrected chi connectivity index (χ4v) is 4.00. The maximum Gasteiger partial charge on any atom is 0.242 e. The number of nitrogens with one attached hydrogen (secondary N) is 1. The Bertz CT molecular complexity index is 869. The van der Waals surface area contributed by atoms with Crippen molar-refractivity contribution in [2.24, 2.45) is 0 Å². The van der Waals surface area contributed by atoms with Crippen LogP contribution in [-0.4, -0.2) is 29.3 Å². The van der Waals surface area contributed by atoms with Crippen molar-refractivity contribution in [2.45, 2.75) is 39.3 Å². The van der Waals surface area contributed by atoms with Crippen LogP contribution in [0.25, 0.3) is 0 Å². The first-order valence-corrected chi connectivity index (χ1v) is 10.7. The van der Waals surface area contributed by atoms with Crippen LogP contribution in [0.1, 0.15) is 31.4 Å². The van der Waals surface area contributed by atoms with E-state index in [1.165, 1.54) is 4.90 Å². The molecule has 0 aliphatic carbocycles. The van der Waals surface area contributed by atoms with Crippen LogP contribution in [0.2, 0.25) is 20.1 Å². The SMILES string of the molecule is CCNC(=O)[C@@H](CC)N(Cc1ccc(Cl)cc1Cl)C(=O)Cc1c(Cl)cccc1Cl.